The van der Waals surface area contributed by atoms with Gasteiger partial charge in [-0.3, -0.25) is 0 Å². The highest BCUT2D eigenvalue weighted by atomic mass is 16.5. The highest BCUT2D eigenvalue weighted by molar-refractivity contribution is 4.64. The molecule has 1 atom stereocenters. The van der Waals surface area contributed by atoms with Gasteiger partial charge in [-0.05, 0) is 12.5 Å². The van der Waals surface area contributed by atoms with Crippen LogP contribution in [-0.4, -0.2) is 37.7 Å². The molecule has 1 rings (SSSR count). The molecule has 1 heterocycles. The lowest BCUT2D eigenvalue weighted by molar-refractivity contribution is 0.126. The van der Waals surface area contributed by atoms with Crippen LogP contribution in [0.3, 0.4) is 0 Å². The average Bonchev–Trinajstić information content (AvgIpc) is 2.13. The Morgan fingerprint density at radius 2 is 2.40 bits per heavy atom. The Kier molecular flexibility index (Phi) is 3.16. The average molecular weight is 143 g/mol. The van der Waals surface area contributed by atoms with Crippen LogP contribution in [0.25, 0.3) is 0 Å². The minimum atomic E-state index is 0.711. The molecule has 1 saturated heterocycles. The third-order valence-corrected chi connectivity index (χ3v) is 1.97. The molecule has 0 aromatic carbocycles. The van der Waals surface area contributed by atoms with E-state index in [0.29, 0.717) is 5.92 Å². The van der Waals surface area contributed by atoms with Crippen molar-refractivity contribution < 1.29 is 4.74 Å². The Bertz CT molecular complexity index is 95.3. The first-order valence-electron chi connectivity index (χ1n) is 4.13. The van der Waals surface area contributed by atoms with Gasteiger partial charge in [0.15, 0.2) is 0 Å². The summed E-state index contributed by atoms with van der Waals surface area (Å²) in [6.07, 6.45) is 0. The number of hydrogen-bond acceptors (Lipinski definition) is 2. The maximum absolute atomic E-state index is 5.40. The summed E-state index contributed by atoms with van der Waals surface area (Å²) >= 11 is 0. The zero-order chi connectivity index (χ0) is 7.40. The molecule has 0 saturated carbocycles. The molecule has 0 aromatic heterocycles. The molecule has 0 aromatic rings. The van der Waals surface area contributed by atoms with E-state index in [1.165, 1.54) is 6.54 Å². The quantitative estimate of drug-likeness (QED) is 0.542. The van der Waals surface area contributed by atoms with E-state index in [1.807, 2.05) is 0 Å². The van der Waals surface area contributed by atoms with Gasteiger partial charge >= 0.3 is 0 Å². The van der Waals surface area contributed by atoms with Gasteiger partial charge in [0.2, 0.25) is 0 Å². The minimum Gasteiger partial charge on any atom is -0.380 e. The third kappa shape index (κ3) is 2.27. The lowest BCUT2D eigenvalue weighted by atomic mass is 10.2. The zero-order valence-corrected chi connectivity index (χ0v) is 6.97. The largest absolute Gasteiger partial charge is 0.380 e. The van der Waals surface area contributed by atoms with Gasteiger partial charge in [0.25, 0.3) is 0 Å². The molecule has 0 N–H and O–H groups in total. The fraction of sp³-hybridized carbons (Fsp3) is 1.00. The van der Waals surface area contributed by atoms with Crippen molar-refractivity contribution in [1.29, 1.82) is 0 Å². The van der Waals surface area contributed by atoms with Crippen molar-refractivity contribution in [2.24, 2.45) is 5.92 Å². The van der Waals surface area contributed by atoms with E-state index in [-0.39, 0.29) is 0 Å². The van der Waals surface area contributed by atoms with Gasteiger partial charge in [-0.1, -0.05) is 13.8 Å². The van der Waals surface area contributed by atoms with Crippen molar-refractivity contribution in [3.63, 3.8) is 0 Å². The van der Waals surface area contributed by atoms with Crippen molar-refractivity contribution in [1.82, 2.24) is 4.90 Å². The molecule has 1 aliphatic rings. The zero-order valence-electron chi connectivity index (χ0n) is 6.97. The molecule has 0 bridgehead atoms. The molecular weight excluding hydrogens is 126 g/mol. The Labute approximate surface area is 63.2 Å². The van der Waals surface area contributed by atoms with Crippen molar-refractivity contribution in [3.05, 3.63) is 0 Å². The fourth-order valence-corrected chi connectivity index (χ4v) is 1.35. The van der Waals surface area contributed by atoms with Crippen LogP contribution in [0.2, 0.25) is 0 Å². The summed E-state index contributed by atoms with van der Waals surface area (Å²) in [6, 6.07) is 0. The summed E-state index contributed by atoms with van der Waals surface area (Å²) in [7, 11) is 0. The Morgan fingerprint density at radius 3 is 3.10 bits per heavy atom. The van der Waals surface area contributed by atoms with Gasteiger partial charge < -0.3 is 9.64 Å². The second-order valence-electron chi connectivity index (χ2n) is 3.07. The number of hydrogen-bond donors (Lipinski definition) is 0. The Hall–Kier alpha value is -0.0800. The number of nitrogens with zero attached hydrogens (tertiary/aromatic N) is 1. The summed E-state index contributed by atoms with van der Waals surface area (Å²) in [6.45, 7) is 9.78. The van der Waals surface area contributed by atoms with Gasteiger partial charge in [0, 0.05) is 13.1 Å². The lowest BCUT2D eigenvalue weighted by Gasteiger charge is -2.18. The normalized spacial score (nSPS) is 30.0. The fourth-order valence-electron chi connectivity index (χ4n) is 1.35. The maximum atomic E-state index is 5.40. The summed E-state index contributed by atoms with van der Waals surface area (Å²) in [5.74, 6) is 0.711. The summed E-state index contributed by atoms with van der Waals surface area (Å²) in [5, 5.41) is 0. The minimum absolute atomic E-state index is 0.711. The molecule has 0 spiro atoms. The Morgan fingerprint density at radius 1 is 1.60 bits per heavy atom. The van der Waals surface area contributed by atoms with E-state index < -0.39 is 0 Å². The SMILES string of the molecule is CCN1CCOC[C@H](C)C1. The van der Waals surface area contributed by atoms with Gasteiger partial charge in [0.05, 0.1) is 13.2 Å². The van der Waals surface area contributed by atoms with Crippen LogP contribution in [0.4, 0.5) is 0 Å². The van der Waals surface area contributed by atoms with Crippen molar-refractivity contribution in [3.8, 4) is 0 Å². The molecule has 0 radical (unpaired) electrons. The summed E-state index contributed by atoms with van der Waals surface area (Å²) in [4.78, 5) is 2.44. The first-order valence-corrected chi connectivity index (χ1v) is 4.13. The smallest absolute Gasteiger partial charge is 0.0593 e. The van der Waals surface area contributed by atoms with Crippen LogP contribution in [0.15, 0.2) is 0 Å². The van der Waals surface area contributed by atoms with Gasteiger partial charge in [-0.25, -0.2) is 0 Å². The molecule has 60 valence electrons. The van der Waals surface area contributed by atoms with Gasteiger partial charge in [-0.15, -0.1) is 0 Å². The second-order valence-corrected chi connectivity index (χ2v) is 3.07. The lowest BCUT2D eigenvalue weighted by Crippen LogP contribution is -2.28. The van der Waals surface area contributed by atoms with Gasteiger partial charge in [0.1, 0.15) is 0 Å². The van der Waals surface area contributed by atoms with Crippen molar-refractivity contribution in [2.45, 2.75) is 13.8 Å². The molecule has 1 fully saturated rings. The van der Waals surface area contributed by atoms with Crippen LogP contribution in [0.5, 0.6) is 0 Å². The van der Waals surface area contributed by atoms with Crippen molar-refractivity contribution in [2.75, 3.05) is 32.8 Å². The third-order valence-electron chi connectivity index (χ3n) is 1.97. The molecule has 1 aliphatic heterocycles. The van der Waals surface area contributed by atoms with E-state index in [4.69, 9.17) is 4.74 Å². The molecule has 10 heavy (non-hydrogen) atoms. The van der Waals surface area contributed by atoms with Crippen LogP contribution in [0.1, 0.15) is 13.8 Å². The first-order chi connectivity index (χ1) is 4.83. The van der Waals surface area contributed by atoms with E-state index in [9.17, 15) is 0 Å². The van der Waals surface area contributed by atoms with E-state index >= 15 is 0 Å². The molecule has 2 heteroatoms. The van der Waals surface area contributed by atoms with Crippen molar-refractivity contribution >= 4 is 0 Å². The maximum Gasteiger partial charge on any atom is 0.0593 e. The molecule has 2 nitrogen and oxygen atoms in total. The molecular formula is C8H17NO. The van der Waals surface area contributed by atoms with E-state index in [2.05, 4.69) is 18.7 Å². The topological polar surface area (TPSA) is 12.5 Å². The monoisotopic (exact) mass is 143 g/mol. The van der Waals surface area contributed by atoms with Gasteiger partial charge in [-0.2, -0.15) is 0 Å². The first kappa shape index (κ1) is 8.02. The van der Waals surface area contributed by atoms with Crippen LogP contribution in [-0.2, 0) is 4.74 Å². The van der Waals surface area contributed by atoms with Crippen LogP contribution in [0, 0.1) is 5.92 Å². The number of rotatable bonds is 1. The standard InChI is InChI=1S/C8H17NO/c1-3-9-4-5-10-7-8(2)6-9/h8H,3-7H2,1-2H3/t8-/m1/s1. The number of ether oxygens (including phenoxy) is 1. The van der Waals surface area contributed by atoms with E-state index in [1.54, 1.807) is 0 Å². The molecule has 0 unspecified atom stereocenters. The highest BCUT2D eigenvalue weighted by Crippen LogP contribution is 2.04. The molecule has 0 amide bonds. The second kappa shape index (κ2) is 3.94. The predicted molar refractivity (Wildman–Crippen MR) is 42.1 cm³/mol. The molecule has 0 aliphatic carbocycles. The summed E-state index contributed by atoms with van der Waals surface area (Å²) < 4.78 is 5.40. The Balaban J connectivity index is 2.30. The highest BCUT2D eigenvalue weighted by Gasteiger charge is 2.12. The van der Waals surface area contributed by atoms with E-state index in [0.717, 1.165) is 26.3 Å². The van der Waals surface area contributed by atoms with Crippen LogP contribution < -0.4 is 0 Å². The summed E-state index contributed by atoms with van der Waals surface area (Å²) in [5.41, 5.74) is 0. The predicted octanol–water partition coefficient (Wildman–Crippen LogP) is 0.975. The number of likely N-dealkylation sites (N-methyl/N-ethyl adjacent to an activating group) is 1. The van der Waals surface area contributed by atoms with Crippen LogP contribution >= 0.6 is 0 Å².